The smallest absolute Gasteiger partial charge is 0.355 e. The maximum Gasteiger partial charge on any atom is 0.355 e. The van der Waals surface area contributed by atoms with Crippen molar-refractivity contribution >= 4 is 17.7 Å². The van der Waals surface area contributed by atoms with Gasteiger partial charge >= 0.3 is 5.97 Å². The van der Waals surface area contributed by atoms with Gasteiger partial charge in [-0.3, -0.25) is 9.59 Å². The molecule has 0 spiro atoms. The number of hydrogen-bond donors (Lipinski definition) is 1. The highest BCUT2D eigenvalue weighted by atomic mass is 16.5. The van der Waals surface area contributed by atoms with Crippen LogP contribution in [-0.2, 0) is 16.6 Å². The number of ether oxygens (including phenoxy) is 1. The van der Waals surface area contributed by atoms with Gasteiger partial charge in [-0.05, 0) is 24.5 Å². The highest BCUT2D eigenvalue weighted by Crippen LogP contribution is 2.13. The van der Waals surface area contributed by atoms with Crippen molar-refractivity contribution in [2.24, 2.45) is 7.05 Å². The number of ketones is 1. The molecule has 0 aliphatic heterocycles. The topological polar surface area (TPSA) is 77.4 Å². The zero-order valence-electron chi connectivity index (χ0n) is 14.6. The van der Waals surface area contributed by atoms with E-state index < -0.39 is 5.97 Å². The Kier molecular flexibility index (Phi) is 6.11. The first-order valence-corrected chi connectivity index (χ1v) is 8.04. The molecular formula is C19H22N2O4. The normalized spacial score (nSPS) is 11.6. The summed E-state index contributed by atoms with van der Waals surface area (Å²) < 4.78 is 6.53. The Balaban J connectivity index is 1.81. The van der Waals surface area contributed by atoms with Crippen LogP contribution in [0.25, 0.3) is 0 Å². The summed E-state index contributed by atoms with van der Waals surface area (Å²) >= 11 is 0. The highest BCUT2D eigenvalue weighted by Gasteiger charge is 2.16. The van der Waals surface area contributed by atoms with Gasteiger partial charge < -0.3 is 14.6 Å². The van der Waals surface area contributed by atoms with Crippen molar-refractivity contribution in [3.8, 4) is 0 Å². The third-order valence-corrected chi connectivity index (χ3v) is 3.93. The summed E-state index contributed by atoms with van der Waals surface area (Å²) in [6.45, 7) is 3.53. The summed E-state index contributed by atoms with van der Waals surface area (Å²) in [6, 6.07) is 11.3. The lowest BCUT2D eigenvalue weighted by atomic mass is 10.0. The molecular weight excluding hydrogens is 320 g/mol. The molecule has 0 radical (unpaired) electrons. The Morgan fingerprint density at radius 1 is 1.20 bits per heavy atom. The second kappa shape index (κ2) is 8.28. The number of carbonyl (C=O) groups is 3. The lowest BCUT2D eigenvalue weighted by Gasteiger charge is -2.13. The van der Waals surface area contributed by atoms with Crippen LogP contribution in [0, 0.1) is 0 Å². The van der Waals surface area contributed by atoms with E-state index in [-0.39, 0.29) is 29.9 Å². The maximum absolute atomic E-state index is 12.0. The molecule has 25 heavy (non-hydrogen) atoms. The molecule has 1 heterocycles. The minimum absolute atomic E-state index is 0.137. The van der Waals surface area contributed by atoms with E-state index in [0.717, 1.165) is 5.56 Å². The number of amides is 1. The van der Waals surface area contributed by atoms with E-state index in [0.29, 0.717) is 12.1 Å². The molecule has 0 bridgehead atoms. The van der Waals surface area contributed by atoms with Crippen LogP contribution in [0.15, 0.2) is 42.6 Å². The van der Waals surface area contributed by atoms with Crippen molar-refractivity contribution in [2.45, 2.75) is 19.8 Å². The number of Topliss-reactive ketones (excluding diaryl/α,β-unsaturated/α-hetero) is 1. The van der Waals surface area contributed by atoms with Crippen LogP contribution in [0.5, 0.6) is 0 Å². The van der Waals surface area contributed by atoms with Crippen LogP contribution in [0.2, 0.25) is 0 Å². The molecule has 1 amide bonds. The first-order valence-electron chi connectivity index (χ1n) is 8.04. The van der Waals surface area contributed by atoms with Gasteiger partial charge in [0, 0.05) is 25.4 Å². The van der Waals surface area contributed by atoms with E-state index in [4.69, 9.17) is 4.74 Å². The van der Waals surface area contributed by atoms with E-state index in [1.54, 1.807) is 13.2 Å². The summed E-state index contributed by atoms with van der Waals surface area (Å²) in [5.74, 6) is -0.979. The summed E-state index contributed by atoms with van der Waals surface area (Å²) in [4.78, 5) is 35.2. The van der Waals surface area contributed by atoms with Gasteiger partial charge in [0.25, 0.3) is 5.91 Å². The van der Waals surface area contributed by atoms with Crippen molar-refractivity contribution < 1.29 is 19.1 Å². The fourth-order valence-corrected chi connectivity index (χ4v) is 2.38. The quantitative estimate of drug-likeness (QED) is 0.619. The predicted octanol–water partition coefficient (Wildman–Crippen LogP) is 2.30. The number of hydrogen-bond acceptors (Lipinski definition) is 4. The third kappa shape index (κ3) is 5.04. The van der Waals surface area contributed by atoms with Crippen molar-refractivity contribution in [3.63, 3.8) is 0 Å². The van der Waals surface area contributed by atoms with Crippen molar-refractivity contribution in [3.05, 3.63) is 59.4 Å². The number of aryl methyl sites for hydroxylation is 1. The van der Waals surface area contributed by atoms with E-state index in [9.17, 15) is 14.4 Å². The highest BCUT2D eigenvalue weighted by molar-refractivity contribution is 5.98. The zero-order chi connectivity index (χ0) is 18.4. The van der Waals surface area contributed by atoms with Crippen LogP contribution in [0.1, 0.15) is 46.2 Å². The Morgan fingerprint density at radius 3 is 2.48 bits per heavy atom. The summed E-state index contributed by atoms with van der Waals surface area (Å²) in [6.07, 6.45) is 1.56. The number of rotatable bonds is 7. The number of carbonyl (C=O) groups excluding carboxylic acids is 3. The van der Waals surface area contributed by atoms with E-state index >= 15 is 0 Å². The first-order chi connectivity index (χ1) is 11.9. The minimum Gasteiger partial charge on any atom is -0.451 e. The molecule has 6 nitrogen and oxygen atoms in total. The summed E-state index contributed by atoms with van der Waals surface area (Å²) in [5, 5.41) is 2.75. The van der Waals surface area contributed by atoms with Gasteiger partial charge in [-0.2, -0.15) is 0 Å². The van der Waals surface area contributed by atoms with Crippen molar-refractivity contribution in [1.82, 2.24) is 9.88 Å². The molecule has 0 unspecified atom stereocenters. The van der Waals surface area contributed by atoms with Gasteiger partial charge in [0.15, 0.2) is 12.4 Å². The Hall–Kier alpha value is -2.89. The fourth-order valence-electron chi connectivity index (χ4n) is 2.38. The van der Waals surface area contributed by atoms with Gasteiger partial charge in [-0.25, -0.2) is 4.79 Å². The molecule has 1 aromatic carbocycles. The number of esters is 1. The van der Waals surface area contributed by atoms with Gasteiger partial charge in [0.2, 0.25) is 0 Å². The van der Waals surface area contributed by atoms with E-state index in [2.05, 4.69) is 5.32 Å². The molecule has 6 heteroatoms. The van der Waals surface area contributed by atoms with Gasteiger partial charge in [-0.1, -0.05) is 37.3 Å². The lowest BCUT2D eigenvalue weighted by molar-refractivity contribution is -0.124. The van der Waals surface area contributed by atoms with Crippen LogP contribution in [0.4, 0.5) is 0 Å². The Labute approximate surface area is 146 Å². The monoisotopic (exact) mass is 342 g/mol. The van der Waals surface area contributed by atoms with Crippen LogP contribution >= 0.6 is 0 Å². The molecule has 0 aliphatic carbocycles. The first kappa shape index (κ1) is 18.4. The maximum atomic E-state index is 12.0. The fraction of sp³-hybridized carbons (Fsp3) is 0.316. The molecule has 1 N–H and O–H groups in total. The number of benzene rings is 1. The molecule has 1 atom stereocenters. The third-order valence-electron chi connectivity index (χ3n) is 3.93. The number of nitrogens with zero attached hydrogens (tertiary/aromatic N) is 1. The lowest BCUT2D eigenvalue weighted by Crippen LogP contribution is -2.31. The molecule has 0 saturated heterocycles. The predicted molar refractivity (Wildman–Crippen MR) is 93.6 cm³/mol. The van der Waals surface area contributed by atoms with Crippen molar-refractivity contribution in [1.29, 1.82) is 0 Å². The standard InChI is InChI=1S/C19H22N2O4/c1-13(15-7-5-4-6-8-15)10-20-18(23)12-25-19(24)17-9-16(14(2)22)11-21(17)3/h4-9,11,13H,10,12H2,1-3H3,(H,20,23)/t13-/m0/s1. The summed E-state index contributed by atoms with van der Waals surface area (Å²) in [7, 11) is 1.64. The van der Waals surface area contributed by atoms with Crippen molar-refractivity contribution in [2.75, 3.05) is 13.2 Å². The number of aromatic nitrogens is 1. The second-order valence-corrected chi connectivity index (χ2v) is 5.97. The Morgan fingerprint density at radius 2 is 1.88 bits per heavy atom. The molecule has 132 valence electrons. The van der Waals surface area contributed by atoms with Gasteiger partial charge in [0.1, 0.15) is 5.69 Å². The van der Waals surface area contributed by atoms with Crippen LogP contribution in [-0.4, -0.2) is 35.4 Å². The average Bonchev–Trinajstić information content (AvgIpc) is 3.00. The molecule has 2 aromatic rings. The minimum atomic E-state index is -0.638. The largest absolute Gasteiger partial charge is 0.451 e. The number of nitrogens with one attached hydrogen (secondary N) is 1. The molecule has 0 saturated carbocycles. The molecule has 2 rings (SSSR count). The average molecular weight is 342 g/mol. The summed E-state index contributed by atoms with van der Waals surface area (Å²) in [5.41, 5.74) is 1.78. The molecule has 0 fully saturated rings. The molecule has 0 aliphatic rings. The second-order valence-electron chi connectivity index (χ2n) is 5.97. The molecule has 1 aromatic heterocycles. The van der Waals surface area contributed by atoms with Gasteiger partial charge in [0.05, 0.1) is 0 Å². The van der Waals surface area contributed by atoms with Gasteiger partial charge in [-0.15, -0.1) is 0 Å². The van der Waals surface area contributed by atoms with E-state index in [1.807, 2.05) is 37.3 Å². The van der Waals surface area contributed by atoms with Crippen LogP contribution < -0.4 is 5.32 Å². The Bertz CT molecular complexity index is 765. The zero-order valence-corrected chi connectivity index (χ0v) is 14.6. The van der Waals surface area contributed by atoms with Crippen LogP contribution in [0.3, 0.4) is 0 Å². The van der Waals surface area contributed by atoms with E-state index in [1.165, 1.54) is 17.6 Å². The SMILES string of the molecule is CC(=O)c1cc(C(=O)OCC(=O)NC[C@H](C)c2ccccc2)n(C)c1.